The highest BCUT2D eigenvalue weighted by molar-refractivity contribution is 5.46. The Kier molecular flexibility index (Phi) is 3.99. The van der Waals surface area contributed by atoms with Crippen LogP contribution in [0.2, 0.25) is 0 Å². The Morgan fingerprint density at radius 1 is 1.21 bits per heavy atom. The number of hydrogen-bond donors (Lipinski definition) is 1. The molecule has 1 aromatic carbocycles. The summed E-state index contributed by atoms with van der Waals surface area (Å²) in [6.07, 6.45) is 1.10. The molecular weight excluding hydrogens is 170 g/mol. The summed E-state index contributed by atoms with van der Waals surface area (Å²) in [7, 11) is 0. The first kappa shape index (κ1) is 11.1. The first-order chi connectivity index (χ1) is 6.63. The Bertz CT molecular complexity index is 278. The second kappa shape index (κ2) is 5.04. The average molecular weight is 191 g/mol. The summed E-state index contributed by atoms with van der Waals surface area (Å²) in [6, 6.07) is 9.19. The minimum absolute atomic E-state index is 0.530. The van der Waals surface area contributed by atoms with Gasteiger partial charge in [-0.1, -0.05) is 32.9 Å². The van der Waals surface area contributed by atoms with Crippen LogP contribution in [0.5, 0.6) is 0 Å². The third kappa shape index (κ3) is 3.06. The van der Waals surface area contributed by atoms with E-state index in [4.69, 9.17) is 0 Å². The highest BCUT2D eigenvalue weighted by Crippen LogP contribution is 2.14. The smallest absolute Gasteiger partial charge is 0.0345 e. The van der Waals surface area contributed by atoms with E-state index >= 15 is 0 Å². The highest BCUT2D eigenvalue weighted by atomic mass is 14.9. The third-order valence-corrected chi connectivity index (χ3v) is 2.73. The van der Waals surface area contributed by atoms with Gasteiger partial charge in [0.15, 0.2) is 0 Å². The van der Waals surface area contributed by atoms with Crippen molar-refractivity contribution < 1.29 is 0 Å². The van der Waals surface area contributed by atoms with Gasteiger partial charge in [-0.25, -0.2) is 0 Å². The van der Waals surface area contributed by atoms with E-state index < -0.39 is 0 Å². The molecular formula is C13H21N. The van der Waals surface area contributed by atoms with Gasteiger partial charge in [0.05, 0.1) is 0 Å². The molecule has 0 radical (unpaired) electrons. The molecule has 0 bridgehead atoms. The predicted octanol–water partition coefficient (Wildman–Crippen LogP) is 3.71. The fourth-order valence-electron chi connectivity index (χ4n) is 1.31. The van der Waals surface area contributed by atoms with Gasteiger partial charge in [0.25, 0.3) is 0 Å². The zero-order chi connectivity index (χ0) is 10.6. The molecule has 0 fully saturated rings. The van der Waals surface area contributed by atoms with E-state index in [0.29, 0.717) is 12.0 Å². The SMILES string of the molecule is CCc1cccc(NC(C)C(C)C)c1. The molecule has 1 aromatic rings. The second-order valence-corrected chi connectivity index (χ2v) is 4.23. The van der Waals surface area contributed by atoms with Crippen molar-refractivity contribution in [3.8, 4) is 0 Å². The first-order valence-electron chi connectivity index (χ1n) is 5.49. The molecule has 0 saturated heterocycles. The zero-order valence-corrected chi connectivity index (χ0v) is 9.67. The van der Waals surface area contributed by atoms with Crippen molar-refractivity contribution in [1.29, 1.82) is 0 Å². The van der Waals surface area contributed by atoms with Gasteiger partial charge < -0.3 is 5.32 Å². The van der Waals surface area contributed by atoms with Gasteiger partial charge >= 0.3 is 0 Å². The molecule has 1 rings (SSSR count). The quantitative estimate of drug-likeness (QED) is 0.765. The molecule has 1 nitrogen and oxygen atoms in total. The number of hydrogen-bond acceptors (Lipinski definition) is 1. The molecule has 0 spiro atoms. The van der Waals surface area contributed by atoms with Crippen LogP contribution in [-0.4, -0.2) is 6.04 Å². The molecule has 1 N–H and O–H groups in total. The normalized spacial score (nSPS) is 12.9. The molecule has 0 aliphatic carbocycles. The number of rotatable bonds is 4. The summed E-state index contributed by atoms with van der Waals surface area (Å²) in [5.74, 6) is 0.667. The Morgan fingerprint density at radius 3 is 2.50 bits per heavy atom. The van der Waals surface area contributed by atoms with E-state index in [1.54, 1.807) is 0 Å². The molecule has 78 valence electrons. The van der Waals surface area contributed by atoms with Crippen molar-refractivity contribution in [2.45, 2.75) is 40.2 Å². The van der Waals surface area contributed by atoms with Crippen LogP contribution in [-0.2, 0) is 6.42 Å². The van der Waals surface area contributed by atoms with Gasteiger partial charge in [0, 0.05) is 11.7 Å². The lowest BCUT2D eigenvalue weighted by atomic mass is 10.1. The highest BCUT2D eigenvalue weighted by Gasteiger charge is 2.05. The minimum atomic E-state index is 0.530. The molecule has 0 aromatic heterocycles. The molecule has 1 atom stereocenters. The van der Waals surface area contributed by atoms with Crippen molar-refractivity contribution in [1.82, 2.24) is 0 Å². The molecule has 14 heavy (non-hydrogen) atoms. The largest absolute Gasteiger partial charge is 0.382 e. The van der Waals surface area contributed by atoms with Crippen LogP contribution in [0, 0.1) is 5.92 Å². The molecule has 0 aliphatic heterocycles. The fourth-order valence-corrected chi connectivity index (χ4v) is 1.31. The maximum absolute atomic E-state index is 3.52. The lowest BCUT2D eigenvalue weighted by Crippen LogP contribution is -2.21. The molecule has 0 saturated carbocycles. The number of benzene rings is 1. The summed E-state index contributed by atoms with van der Waals surface area (Å²) < 4.78 is 0. The second-order valence-electron chi connectivity index (χ2n) is 4.23. The van der Waals surface area contributed by atoms with Crippen LogP contribution in [0.15, 0.2) is 24.3 Å². The number of nitrogens with one attached hydrogen (secondary N) is 1. The molecule has 1 heteroatoms. The average Bonchev–Trinajstić information content (AvgIpc) is 2.18. The molecule has 0 aliphatic rings. The maximum atomic E-state index is 3.52. The first-order valence-corrected chi connectivity index (χ1v) is 5.49. The third-order valence-electron chi connectivity index (χ3n) is 2.73. The van der Waals surface area contributed by atoms with Crippen LogP contribution in [0.25, 0.3) is 0 Å². The van der Waals surface area contributed by atoms with E-state index in [0.717, 1.165) is 6.42 Å². The van der Waals surface area contributed by atoms with E-state index in [1.807, 2.05) is 0 Å². The number of aryl methyl sites for hydroxylation is 1. The van der Waals surface area contributed by atoms with Crippen LogP contribution in [0.4, 0.5) is 5.69 Å². The fraction of sp³-hybridized carbons (Fsp3) is 0.538. The Hall–Kier alpha value is -0.980. The summed E-state index contributed by atoms with van der Waals surface area (Å²) in [5.41, 5.74) is 2.64. The molecule has 1 unspecified atom stereocenters. The summed E-state index contributed by atoms with van der Waals surface area (Å²) in [6.45, 7) is 8.89. The van der Waals surface area contributed by atoms with Crippen LogP contribution in [0.3, 0.4) is 0 Å². The maximum Gasteiger partial charge on any atom is 0.0345 e. The predicted molar refractivity (Wildman–Crippen MR) is 63.7 cm³/mol. The Morgan fingerprint density at radius 2 is 1.93 bits per heavy atom. The van der Waals surface area contributed by atoms with E-state index in [1.165, 1.54) is 11.3 Å². The topological polar surface area (TPSA) is 12.0 Å². The Labute approximate surface area is 87.5 Å². The molecule has 0 heterocycles. The summed E-state index contributed by atoms with van der Waals surface area (Å²) >= 11 is 0. The van der Waals surface area contributed by atoms with Gasteiger partial charge in [-0.15, -0.1) is 0 Å². The van der Waals surface area contributed by atoms with E-state index in [-0.39, 0.29) is 0 Å². The summed E-state index contributed by atoms with van der Waals surface area (Å²) in [5, 5.41) is 3.52. The monoisotopic (exact) mass is 191 g/mol. The van der Waals surface area contributed by atoms with Crippen molar-refractivity contribution >= 4 is 5.69 Å². The van der Waals surface area contributed by atoms with E-state index in [9.17, 15) is 0 Å². The van der Waals surface area contributed by atoms with Gasteiger partial charge in [0.2, 0.25) is 0 Å². The van der Waals surface area contributed by atoms with Crippen molar-refractivity contribution in [3.05, 3.63) is 29.8 Å². The number of anilines is 1. The van der Waals surface area contributed by atoms with Crippen LogP contribution < -0.4 is 5.32 Å². The summed E-state index contributed by atoms with van der Waals surface area (Å²) in [4.78, 5) is 0. The Balaban J connectivity index is 2.66. The molecule has 0 amide bonds. The van der Waals surface area contributed by atoms with Crippen molar-refractivity contribution in [2.75, 3.05) is 5.32 Å². The van der Waals surface area contributed by atoms with Gasteiger partial charge in [-0.05, 0) is 37.0 Å². The van der Waals surface area contributed by atoms with Gasteiger partial charge in [-0.3, -0.25) is 0 Å². The van der Waals surface area contributed by atoms with Crippen LogP contribution in [0.1, 0.15) is 33.3 Å². The van der Waals surface area contributed by atoms with Crippen molar-refractivity contribution in [2.24, 2.45) is 5.92 Å². The standard InChI is InChI=1S/C13H21N/c1-5-12-7-6-8-13(9-12)14-11(4)10(2)3/h6-11,14H,5H2,1-4H3. The minimum Gasteiger partial charge on any atom is -0.382 e. The lowest BCUT2D eigenvalue weighted by Gasteiger charge is -2.19. The zero-order valence-electron chi connectivity index (χ0n) is 9.67. The van der Waals surface area contributed by atoms with Crippen molar-refractivity contribution in [3.63, 3.8) is 0 Å². The van der Waals surface area contributed by atoms with E-state index in [2.05, 4.69) is 57.3 Å². The van der Waals surface area contributed by atoms with Gasteiger partial charge in [-0.2, -0.15) is 0 Å². The lowest BCUT2D eigenvalue weighted by molar-refractivity contribution is 0.560. The van der Waals surface area contributed by atoms with Crippen LogP contribution >= 0.6 is 0 Å². The van der Waals surface area contributed by atoms with Gasteiger partial charge in [0.1, 0.15) is 0 Å².